The van der Waals surface area contributed by atoms with Gasteiger partial charge in [0.05, 0.1) is 0 Å². The second-order valence-electron chi connectivity index (χ2n) is 8.03. The van der Waals surface area contributed by atoms with Crippen LogP contribution in [0.2, 0.25) is 0 Å². The second kappa shape index (κ2) is 9.38. The lowest BCUT2D eigenvalue weighted by molar-refractivity contribution is 0.122. The summed E-state index contributed by atoms with van der Waals surface area (Å²) >= 11 is 0. The first-order valence-electron chi connectivity index (χ1n) is 10.1. The summed E-state index contributed by atoms with van der Waals surface area (Å²) in [6, 6.07) is 11.2. The van der Waals surface area contributed by atoms with Gasteiger partial charge in [-0.1, -0.05) is 44.2 Å². The van der Waals surface area contributed by atoms with Crippen LogP contribution in [0.5, 0.6) is 0 Å². The molecule has 2 N–H and O–H groups in total. The number of benzene rings is 1. The molecular formula is C21H33N3O2. The van der Waals surface area contributed by atoms with Crippen LogP contribution in [-0.4, -0.2) is 48.8 Å². The predicted octanol–water partition coefficient (Wildman–Crippen LogP) is 3.15. The summed E-state index contributed by atoms with van der Waals surface area (Å²) in [5, 5.41) is 6.68. The van der Waals surface area contributed by atoms with E-state index in [4.69, 9.17) is 4.74 Å². The van der Waals surface area contributed by atoms with Crippen LogP contribution in [0.3, 0.4) is 0 Å². The van der Waals surface area contributed by atoms with E-state index in [9.17, 15) is 4.79 Å². The Bertz CT molecular complexity index is 552. The SMILES string of the molecule is CC(C)C(CNC1CC(NC(=O)OCc2ccccc2)C1)N1CCCC1. The van der Waals surface area contributed by atoms with Crippen LogP contribution in [0.25, 0.3) is 0 Å². The largest absolute Gasteiger partial charge is 0.445 e. The molecule has 0 aromatic heterocycles. The number of hydrogen-bond donors (Lipinski definition) is 2. The first kappa shape index (κ1) is 19.2. The molecule has 0 radical (unpaired) electrons. The molecule has 144 valence electrons. The van der Waals surface area contributed by atoms with Crippen molar-refractivity contribution in [3.8, 4) is 0 Å². The van der Waals surface area contributed by atoms with Gasteiger partial charge in [0.15, 0.2) is 0 Å². The van der Waals surface area contributed by atoms with E-state index in [0.717, 1.165) is 24.9 Å². The van der Waals surface area contributed by atoms with Crippen molar-refractivity contribution in [2.75, 3.05) is 19.6 Å². The van der Waals surface area contributed by atoms with E-state index in [1.807, 2.05) is 30.3 Å². The van der Waals surface area contributed by atoms with Gasteiger partial charge in [0.2, 0.25) is 0 Å². The molecule has 5 heteroatoms. The highest BCUT2D eigenvalue weighted by molar-refractivity contribution is 5.67. The van der Waals surface area contributed by atoms with Crippen molar-refractivity contribution in [1.82, 2.24) is 15.5 Å². The molecule has 1 amide bonds. The van der Waals surface area contributed by atoms with Crippen LogP contribution in [0, 0.1) is 5.92 Å². The van der Waals surface area contributed by atoms with E-state index < -0.39 is 0 Å². The predicted molar refractivity (Wildman–Crippen MR) is 104 cm³/mol. The van der Waals surface area contributed by atoms with Crippen LogP contribution in [-0.2, 0) is 11.3 Å². The highest BCUT2D eigenvalue weighted by Gasteiger charge is 2.32. The molecule has 26 heavy (non-hydrogen) atoms. The van der Waals surface area contributed by atoms with Gasteiger partial charge >= 0.3 is 6.09 Å². The van der Waals surface area contributed by atoms with E-state index >= 15 is 0 Å². The van der Waals surface area contributed by atoms with E-state index in [0.29, 0.717) is 24.6 Å². The first-order valence-corrected chi connectivity index (χ1v) is 10.1. The number of likely N-dealkylation sites (tertiary alicyclic amines) is 1. The van der Waals surface area contributed by atoms with Crippen LogP contribution in [0.15, 0.2) is 30.3 Å². The molecule has 1 atom stereocenters. The fourth-order valence-electron chi connectivity index (χ4n) is 3.98. The Morgan fingerprint density at radius 3 is 2.50 bits per heavy atom. The third-order valence-electron chi connectivity index (χ3n) is 5.67. The zero-order valence-corrected chi connectivity index (χ0v) is 16.1. The average molecular weight is 360 g/mol. The van der Waals surface area contributed by atoms with Crippen molar-refractivity contribution in [1.29, 1.82) is 0 Å². The standard InChI is InChI=1S/C21H33N3O2/c1-16(2)20(24-10-6-7-11-24)14-22-18-12-19(13-18)23-21(25)26-15-17-8-4-3-5-9-17/h3-5,8-9,16,18-20,22H,6-7,10-15H2,1-2H3,(H,23,25). The van der Waals surface area contributed by atoms with Gasteiger partial charge in [0.25, 0.3) is 0 Å². The van der Waals surface area contributed by atoms with Crippen LogP contribution in [0.1, 0.15) is 45.1 Å². The van der Waals surface area contributed by atoms with Crippen LogP contribution < -0.4 is 10.6 Å². The number of nitrogens with zero attached hydrogens (tertiary/aromatic N) is 1. The molecule has 1 saturated heterocycles. The molecule has 0 bridgehead atoms. The lowest BCUT2D eigenvalue weighted by atomic mass is 9.86. The van der Waals surface area contributed by atoms with Crippen molar-refractivity contribution in [2.45, 2.75) is 64.3 Å². The Kier molecular flexibility index (Phi) is 6.92. The molecule has 1 unspecified atom stereocenters. The van der Waals surface area contributed by atoms with E-state index in [1.165, 1.54) is 25.9 Å². The molecule has 1 aromatic carbocycles. The van der Waals surface area contributed by atoms with Crippen molar-refractivity contribution < 1.29 is 9.53 Å². The van der Waals surface area contributed by atoms with E-state index in [2.05, 4.69) is 29.4 Å². The minimum Gasteiger partial charge on any atom is -0.445 e. The maximum Gasteiger partial charge on any atom is 0.407 e. The number of hydrogen-bond acceptors (Lipinski definition) is 4. The van der Waals surface area contributed by atoms with Gasteiger partial charge in [0, 0.05) is 24.7 Å². The molecule has 1 aliphatic carbocycles. The number of carbonyl (C=O) groups is 1. The highest BCUT2D eigenvalue weighted by atomic mass is 16.5. The van der Waals surface area contributed by atoms with Gasteiger partial charge in [0.1, 0.15) is 6.61 Å². The number of alkyl carbamates (subject to hydrolysis) is 1. The lowest BCUT2D eigenvalue weighted by Crippen LogP contribution is -2.55. The fraction of sp³-hybridized carbons (Fsp3) is 0.667. The van der Waals surface area contributed by atoms with Crippen molar-refractivity contribution >= 4 is 6.09 Å². The summed E-state index contributed by atoms with van der Waals surface area (Å²) < 4.78 is 5.29. The number of nitrogens with one attached hydrogen (secondary N) is 2. The van der Waals surface area contributed by atoms with Gasteiger partial charge in [-0.25, -0.2) is 4.79 Å². The quantitative estimate of drug-likeness (QED) is 0.749. The van der Waals surface area contributed by atoms with Gasteiger partial charge in [-0.2, -0.15) is 0 Å². The molecule has 5 nitrogen and oxygen atoms in total. The molecule has 2 aliphatic rings. The molecular weight excluding hydrogens is 326 g/mol. The average Bonchev–Trinajstić information content (AvgIpc) is 3.12. The second-order valence-corrected chi connectivity index (χ2v) is 8.03. The maximum absolute atomic E-state index is 11.9. The zero-order valence-electron chi connectivity index (χ0n) is 16.1. The van der Waals surface area contributed by atoms with E-state index in [1.54, 1.807) is 0 Å². The summed E-state index contributed by atoms with van der Waals surface area (Å²) in [4.78, 5) is 14.5. The summed E-state index contributed by atoms with van der Waals surface area (Å²) in [5.74, 6) is 0.669. The summed E-state index contributed by atoms with van der Waals surface area (Å²) in [5.41, 5.74) is 1.01. The normalized spacial score (nSPS) is 24.3. The van der Waals surface area contributed by atoms with Crippen LogP contribution in [0.4, 0.5) is 4.79 Å². The molecule has 1 aromatic rings. The number of rotatable bonds is 8. The number of ether oxygens (including phenoxy) is 1. The topological polar surface area (TPSA) is 53.6 Å². The first-order chi connectivity index (χ1) is 12.6. The lowest BCUT2D eigenvalue weighted by Gasteiger charge is -2.39. The number of amides is 1. The molecule has 3 rings (SSSR count). The van der Waals surface area contributed by atoms with Gasteiger partial charge in [-0.3, -0.25) is 4.90 Å². The Morgan fingerprint density at radius 2 is 1.85 bits per heavy atom. The third-order valence-corrected chi connectivity index (χ3v) is 5.67. The van der Waals surface area contributed by atoms with E-state index in [-0.39, 0.29) is 12.1 Å². The monoisotopic (exact) mass is 359 g/mol. The summed E-state index contributed by atoms with van der Waals surface area (Å²) in [6.45, 7) is 8.50. The molecule has 1 heterocycles. The molecule has 0 spiro atoms. The van der Waals surface area contributed by atoms with Gasteiger partial charge in [-0.15, -0.1) is 0 Å². The Hall–Kier alpha value is -1.59. The minimum atomic E-state index is -0.311. The molecule has 1 aliphatic heterocycles. The fourth-order valence-corrected chi connectivity index (χ4v) is 3.98. The van der Waals surface area contributed by atoms with Crippen molar-refractivity contribution in [3.05, 3.63) is 35.9 Å². The van der Waals surface area contributed by atoms with Crippen LogP contribution >= 0.6 is 0 Å². The Labute approximate surface area is 157 Å². The van der Waals surface area contributed by atoms with Gasteiger partial charge in [-0.05, 0) is 50.3 Å². The highest BCUT2D eigenvalue weighted by Crippen LogP contribution is 2.22. The molecule has 1 saturated carbocycles. The minimum absolute atomic E-state index is 0.236. The van der Waals surface area contributed by atoms with Gasteiger partial charge < -0.3 is 15.4 Å². The smallest absolute Gasteiger partial charge is 0.407 e. The zero-order chi connectivity index (χ0) is 18.4. The Morgan fingerprint density at radius 1 is 1.15 bits per heavy atom. The maximum atomic E-state index is 11.9. The molecule has 2 fully saturated rings. The third kappa shape index (κ3) is 5.45. The van der Waals surface area contributed by atoms with Crippen molar-refractivity contribution in [3.63, 3.8) is 0 Å². The van der Waals surface area contributed by atoms with Crippen molar-refractivity contribution in [2.24, 2.45) is 5.92 Å². The summed E-state index contributed by atoms with van der Waals surface area (Å²) in [6.07, 6.45) is 4.35. The number of carbonyl (C=O) groups excluding carboxylic acids is 1. The summed E-state index contributed by atoms with van der Waals surface area (Å²) in [7, 11) is 0. The Balaban J connectivity index is 1.30.